The molecule has 0 aliphatic rings. The Kier molecular flexibility index (Phi) is 8.16. The lowest BCUT2D eigenvalue weighted by Gasteiger charge is -2.17. The van der Waals surface area contributed by atoms with Gasteiger partial charge in [0.1, 0.15) is 0 Å². The Bertz CT molecular complexity index is 252. The van der Waals surface area contributed by atoms with Crippen molar-refractivity contribution in [2.75, 3.05) is 19.6 Å². The number of ether oxygens (including phenoxy) is 1. The van der Waals surface area contributed by atoms with Crippen molar-refractivity contribution in [3.63, 3.8) is 0 Å². The van der Waals surface area contributed by atoms with Crippen LogP contribution in [0.4, 0.5) is 0 Å². The van der Waals surface area contributed by atoms with Crippen molar-refractivity contribution in [2.24, 2.45) is 0 Å². The second kappa shape index (κ2) is 8.50. The van der Waals surface area contributed by atoms with E-state index in [9.17, 15) is 9.36 Å². The summed E-state index contributed by atoms with van der Waals surface area (Å²) in [6.07, 6.45) is 2.07. The number of carbonyl (C=O) groups excluding carboxylic acids is 1. The first-order chi connectivity index (χ1) is 7.58. The summed E-state index contributed by atoms with van der Waals surface area (Å²) in [4.78, 5) is 10.8. The lowest BCUT2D eigenvalue weighted by atomic mass is 10.5. The highest BCUT2D eigenvalue weighted by molar-refractivity contribution is 7.53. The van der Waals surface area contributed by atoms with E-state index in [0.29, 0.717) is 13.2 Å². The molecule has 16 heavy (non-hydrogen) atoms. The molecule has 0 rings (SSSR count). The maximum Gasteiger partial charge on any atom is 0.367 e. The van der Waals surface area contributed by atoms with E-state index in [2.05, 4.69) is 11.3 Å². The minimum atomic E-state index is -3.31. The number of esters is 1. The molecule has 0 radical (unpaired) electrons. The number of carbonyl (C=O) groups is 1. The Morgan fingerprint density at radius 1 is 1.25 bits per heavy atom. The molecule has 0 saturated heterocycles. The van der Waals surface area contributed by atoms with E-state index >= 15 is 0 Å². The Hall–Kier alpha value is -0.640. The van der Waals surface area contributed by atoms with Crippen LogP contribution in [-0.2, 0) is 23.1 Å². The quantitative estimate of drug-likeness (QED) is 0.357. The fourth-order valence-corrected chi connectivity index (χ4v) is 2.20. The summed E-state index contributed by atoms with van der Waals surface area (Å²) in [5.74, 6) is -0.638. The lowest BCUT2D eigenvalue weighted by molar-refractivity contribution is -0.136. The Labute approximate surface area is 96.3 Å². The molecule has 0 amide bonds. The average molecular weight is 250 g/mol. The van der Waals surface area contributed by atoms with Crippen molar-refractivity contribution in [3.8, 4) is 0 Å². The van der Waals surface area contributed by atoms with Crippen LogP contribution in [0.3, 0.4) is 0 Å². The Balaban J connectivity index is 4.22. The third-order valence-electron chi connectivity index (χ3n) is 1.52. The molecular weight excluding hydrogens is 231 g/mol. The van der Waals surface area contributed by atoms with Crippen molar-refractivity contribution in [1.29, 1.82) is 0 Å². The van der Waals surface area contributed by atoms with E-state index in [1.165, 1.54) is 0 Å². The Morgan fingerprint density at radius 3 is 2.12 bits per heavy atom. The van der Waals surface area contributed by atoms with E-state index in [1.807, 2.05) is 13.8 Å². The predicted octanol–water partition coefficient (Wildman–Crippen LogP) is 2.72. The van der Waals surface area contributed by atoms with Crippen molar-refractivity contribution in [3.05, 3.63) is 12.7 Å². The fraction of sp³-hybridized carbons (Fsp3) is 0.700. The van der Waals surface area contributed by atoms with Gasteiger partial charge in [0.05, 0.1) is 13.2 Å². The maximum atomic E-state index is 12.0. The van der Waals surface area contributed by atoms with Gasteiger partial charge in [-0.1, -0.05) is 20.4 Å². The maximum absolute atomic E-state index is 12.0. The predicted molar refractivity (Wildman–Crippen MR) is 61.2 cm³/mol. The summed E-state index contributed by atoms with van der Waals surface area (Å²) in [5.41, 5.74) is 0. The third kappa shape index (κ3) is 6.77. The third-order valence-corrected chi connectivity index (χ3v) is 3.11. The molecule has 0 heterocycles. The summed E-state index contributed by atoms with van der Waals surface area (Å²) in [5, 5.41) is 0. The molecule has 5 nitrogen and oxygen atoms in total. The summed E-state index contributed by atoms with van der Waals surface area (Å²) < 4.78 is 26.9. The molecule has 6 heteroatoms. The molecule has 0 aromatic heterocycles. The van der Waals surface area contributed by atoms with Crippen LogP contribution < -0.4 is 0 Å². The van der Waals surface area contributed by atoms with E-state index in [0.717, 1.165) is 18.9 Å². The minimum absolute atomic E-state index is 0.312. The summed E-state index contributed by atoms with van der Waals surface area (Å²) >= 11 is 0. The minimum Gasteiger partial charge on any atom is -0.450 e. The average Bonchev–Trinajstić information content (AvgIpc) is 2.31. The second-order valence-corrected chi connectivity index (χ2v) is 5.07. The molecule has 0 aliphatic carbocycles. The van der Waals surface area contributed by atoms with Gasteiger partial charge < -0.3 is 13.8 Å². The smallest absolute Gasteiger partial charge is 0.367 e. The van der Waals surface area contributed by atoms with Gasteiger partial charge in [0.25, 0.3) is 0 Å². The van der Waals surface area contributed by atoms with Crippen LogP contribution in [0.15, 0.2) is 12.7 Å². The first kappa shape index (κ1) is 15.4. The van der Waals surface area contributed by atoms with Gasteiger partial charge in [0.2, 0.25) is 0 Å². The van der Waals surface area contributed by atoms with Gasteiger partial charge in [-0.15, -0.1) is 0 Å². The molecule has 0 aliphatic heterocycles. The summed E-state index contributed by atoms with van der Waals surface area (Å²) in [6, 6.07) is 0. The van der Waals surface area contributed by atoms with E-state index in [4.69, 9.17) is 9.05 Å². The van der Waals surface area contributed by atoms with Crippen molar-refractivity contribution < 1.29 is 23.1 Å². The van der Waals surface area contributed by atoms with Crippen LogP contribution in [0.25, 0.3) is 0 Å². The van der Waals surface area contributed by atoms with Crippen LogP contribution >= 0.6 is 7.60 Å². The standard InChI is InChI=1S/C10H19O5P/c1-4-7-14-16(12,15-8-5-2)9-13-10(11)6-3/h6H,3-5,7-9H2,1-2H3. The molecule has 94 valence electrons. The number of hydrogen-bond acceptors (Lipinski definition) is 5. The van der Waals surface area contributed by atoms with Gasteiger partial charge >= 0.3 is 13.6 Å². The van der Waals surface area contributed by atoms with Gasteiger partial charge in [0, 0.05) is 6.08 Å². The topological polar surface area (TPSA) is 61.8 Å². The first-order valence-electron chi connectivity index (χ1n) is 5.25. The van der Waals surface area contributed by atoms with Gasteiger partial charge in [-0.05, 0) is 12.8 Å². The molecule has 0 bridgehead atoms. The summed E-state index contributed by atoms with van der Waals surface area (Å²) in [6.45, 7) is 7.64. The molecule has 0 aromatic rings. The van der Waals surface area contributed by atoms with Crippen LogP contribution in [0, 0.1) is 0 Å². The van der Waals surface area contributed by atoms with Gasteiger partial charge in [0.15, 0.2) is 6.35 Å². The highest BCUT2D eigenvalue weighted by Gasteiger charge is 2.26. The van der Waals surface area contributed by atoms with Crippen LogP contribution in [0.2, 0.25) is 0 Å². The van der Waals surface area contributed by atoms with Crippen LogP contribution in [-0.4, -0.2) is 25.5 Å². The zero-order chi connectivity index (χ0) is 12.4. The lowest BCUT2D eigenvalue weighted by Crippen LogP contribution is -2.08. The fourth-order valence-electron chi connectivity index (χ4n) is 0.774. The first-order valence-corrected chi connectivity index (χ1v) is 6.98. The molecule has 0 N–H and O–H groups in total. The number of hydrogen-bond donors (Lipinski definition) is 0. The second-order valence-electron chi connectivity index (χ2n) is 3.07. The molecule has 0 saturated carbocycles. The van der Waals surface area contributed by atoms with E-state index in [1.54, 1.807) is 0 Å². The highest BCUT2D eigenvalue weighted by Crippen LogP contribution is 2.48. The van der Waals surface area contributed by atoms with Gasteiger partial charge in [-0.3, -0.25) is 4.57 Å². The van der Waals surface area contributed by atoms with Crippen molar-refractivity contribution in [1.82, 2.24) is 0 Å². The normalized spacial score (nSPS) is 11.1. The summed E-state index contributed by atoms with van der Waals surface area (Å²) in [7, 11) is -3.31. The monoisotopic (exact) mass is 250 g/mol. The van der Waals surface area contributed by atoms with Crippen molar-refractivity contribution >= 4 is 13.6 Å². The molecule has 0 spiro atoms. The molecule has 0 aromatic carbocycles. The van der Waals surface area contributed by atoms with E-state index in [-0.39, 0.29) is 6.35 Å². The molecule has 0 fully saturated rings. The Morgan fingerprint density at radius 2 is 1.75 bits per heavy atom. The zero-order valence-corrected chi connectivity index (χ0v) is 10.7. The van der Waals surface area contributed by atoms with Gasteiger partial charge in [-0.25, -0.2) is 4.79 Å². The SMILES string of the molecule is C=CC(=O)OCP(=O)(OCCC)OCCC. The highest BCUT2D eigenvalue weighted by atomic mass is 31.2. The molecule has 0 unspecified atom stereocenters. The molecule has 0 atom stereocenters. The van der Waals surface area contributed by atoms with Crippen LogP contribution in [0.5, 0.6) is 0 Å². The van der Waals surface area contributed by atoms with Crippen LogP contribution in [0.1, 0.15) is 26.7 Å². The number of rotatable bonds is 9. The van der Waals surface area contributed by atoms with E-state index < -0.39 is 13.6 Å². The molecular formula is C10H19O5P. The largest absolute Gasteiger partial charge is 0.450 e. The van der Waals surface area contributed by atoms with Gasteiger partial charge in [-0.2, -0.15) is 0 Å². The zero-order valence-electron chi connectivity index (χ0n) is 9.81. The van der Waals surface area contributed by atoms with Crippen molar-refractivity contribution in [2.45, 2.75) is 26.7 Å².